The molecule has 0 N–H and O–H groups in total. The van der Waals surface area contributed by atoms with Gasteiger partial charge < -0.3 is 19.3 Å². The molecule has 1 atom stereocenters. The number of rotatable bonds is 8. The zero-order valence-electron chi connectivity index (χ0n) is 24.8. The summed E-state index contributed by atoms with van der Waals surface area (Å²) in [7, 11) is 0. The van der Waals surface area contributed by atoms with Gasteiger partial charge in [-0.05, 0) is 67.5 Å². The van der Waals surface area contributed by atoms with Gasteiger partial charge in [0.25, 0.3) is 0 Å². The van der Waals surface area contributed by atoms with E-state index in [1.54, 1.807) is 12.2 Å². The van der Waals surface area contributed by atoms with Crippen LogP contribution in [0.5, 0.6) is 5.75 Å². The second kappa shape index (κ2) is 12.6. The lowest BCUT2D eigenvalue weighted by atomic mass is 9.81. The summed E-state index contributed by atoms with van der Waals surface area (Å²) in [6.45, 7) is 9.56. The molecule has 5 heteroatoms. The van der Waals surface area contributed by atoms with E-state index in [2.05, 4.69) is 96.5 Å². The molecule has 2 aliphatic heterocycles. The third-order valence-corrected chi connectivity index (χ3v) is 8.48. The summed E-state index contributed by atoms with van der Waals surface area (Å²) in [5.74, 6) is 0.553. The summed E-state index contributed by atoms with van der Waals surface area (Å²) in [4.78, 5) is 4.82. The minimum absolute atomic E-state index is 0.260. The first-order valence-corrected chi connectivity index (χ1v) is 15.5. The number of anilines is 2. The van der Waals surface area contributed by atoms with Crippen LogP contribution in [0.2, 0.25) is 0 Å². The van der Waals surface area contributed by atoms with Crippen molar-refractivity contribution in [2.45, 2.75) is 45.1 Å². The average molecular weight is 565 g/mol. The molecule has 3 aromatic rings. The smallest absolute Gasteiger partial charge is 0.177 e. The summed E-state index contributed by atoms with van der Waals surface area (Å²) in [5.41, 5.74) is 4.26. The molecule has 6 rings (SSSR count). The van der Waals surface area contributed by atoms with Crippen molar-refractivity contribution in [3.05, 3.63) is 108 Å². The number of ether oxygens (including phenoxy) is 2. The summed E-state index contributed by atoms with van der Waals surface area (Å²) in [6.07, 6.45) is 15.3. The van der Waals surface area contributed by atoms with Gasteiger partial charge in [-0.25, -0.2) is 4.39 Å². The van der Waals surface area contributed by atoms with E-state index < -0.39 is 5.60 Å². The van der Waals surface area contributed by atoms with Crippen molar-refractivity contribution in [2.24, 2.45) is 0 Å². The Morgan fingerprint density at radius 3 is 2.38 bits per heavy atom. The highest BCUT2D eigenvalue weighted by Crippen LogP contribution is 2.48. The van der Waals surface area contributed by atoms with Crippen LogP contribution in [0.3, 0.4) is 0 Å². The van der Waals surface area contributed by atoms with Gasteiger partial charge in [0.05, 0.1) is 13.2 Å². The zero-order valence-corrected chi connectivity index (χ0v) is 24.8. The van der Waals surface area contributed by atoms with E-state index in [-0.39, 0.29) is 5.83 Å². The Morgan fingerprint density at radius 1 is 0.905 bits per heavy atom. The molecule has 0 bridgehead atoms. The summed E-state index contributed by atoms with van der Waals surface area (Å²) in [6, 6.07) is 19.4. The maximum atomic E-state index is 15.1. The second-order valence-electron chi connectivity index (χ2n) is 11.3. The summed E-state index contributed by atoms with van der Waals surface area (Å²) >= 11 is 0. The fourth-order valence-electron chi connectivity index (χ4n) is 6.44. The van der Waals surface area contributed by atoms with E-state index in [0.717, 1.165) is 85.4 Å². The van der Waals surface area contributed by atoms with Gasteiger partial charge in [-0.2, -0.15) is 0 Å². The molecule has 0 saturated carbocycles. The third kappa shape index (κ3) is 5.50. The first-order valence-electron chi connectivity index (χ1n) is 15.5. The number of allylic oxidation sites excluding steroid dienone is 4. The molecule has 0 spiro atoms. The van der Waals surface area contributed by atoms with Gasteiger partial charge in [0.15, 0.2) is 5.60 Å². The molecule has 218 valence electrons. The van der Waals surface area contributed by atoms with Gasteiger partial charge in [0.1, 0.15) is 11.6 Å². The van der Waals surface area contributed by atoms with Crippen molar-refractivity contribution in [2.75, 3.05) is 49.2 Å². The van der Waals surface area contributed by atoms with Crippen molar-refractivity contribution in [1.82, 2.24) is 0 Å². The summed E-state index contributed by atoms with van der Waals surface area (Å²) < 4.78 is 27.9. The van der Waals surface area contributed by atoms with Crippen LogP contribution in [0.15, 0.2) is 96.4 Å². The molecule has 3 aromatic carbocycles. The van der Waals surface area contributed by atoms with Gasteiger partial charge in [0, 0.05) is 65.7 Å². The van der Waals surface area contributed by atoms with Crippen molar-refractivity contribution in [3.8, 4) is 5.75 Å². The molecule has 2 heterocycles. The van der Waals surface area contributed by atoms with Gasteiger partial charge in [0.2, 0.25) is 0 Å². The van der Waals surface area contributed by atoms with E-state index in [4.69, 9.17) is 9.47 Å². The van der Waals surface area contributed by atoms with E-state index in [9.17, 15) is 0 Å². The summed E-state index contributed by atoms with van der Waals surface area (Å²) in [5, 5.41) is 2.36. The molecule has 1 saturated heterocycles. The normalized spacial score (nSPS) is 21.1. The number of fused-ring (bicyclic) bond motifs is 3. The van der Waals surface area contributed by atoms with Crippen molar-refractivity contribution in [3.63, 3.8) is 0 Å². The topological polar surface area (TPSA) is 24.9 Å². The van der Waals surface area contributed by atoms with Crippen LogP contribution in [0.1, 0.15) is 50.7 Å². The van der Waals surface area contributed by atoms with E-state index in [0.29, 0.717) is 13.2 Å². The molecule has 1 fully saturated rings. The van der Waals surface area contributed by atoms with Crippen molar-refractivity contribution >= 4 is 28.2 Å². The highest BCUT2D eigenvalue weighted by molar-refractivity contribution is 6.02. The minimum atomic E-state index is -0.959. The van der Waals surface area contributed by atoms with Gasteiger partial charge in [-0.1, -0.05) is 62.4 Å². The Hall–Kier alpha value is -3.83. The molecule has 3 aliphatic rings. The quantitative estimate of drug-likeness (QED) is 0.273. The Labute approximate surface area is 249 Å². The van der Waals surface area contributed by atoms with Crippen LogP contribution in [0.4, 0.5) is 15.8 Å². The number of halogens is 1. The average Bonchev–Trinajstić information content (AvgIpc) is 3.02. The maximum absolute atomic E-state index is 15.1. The number of nitrogens with zero attached hydrogens (tertiary/aromatic N) is 2. The molecule has 0 radical (unpaired) electrons. The standard InChI is InChI=1S/C37H41FN2O2/c1-3-20-39(21-4-2)31-16-14-28(15-17-31)37(29-10-6-5-7-11-30(38)26-29)19-18-34-32-12-8-9-13-33(32)35(27-36(34)42-37)40-22-24-41-25-23-40/h7-19,26-27H,3-6,20-25H2,1-2H3/b11-7+,29-10?,30-26?. The largest absolute Gasteiger partial charge is 0.473 e. The van der Waals surface area contributed by atoms with Crippen LogP contribution < -0.4 is 14.5 Å². The Kier molecular flexibility index (Phi) is 8.48. The van der Waals surface area contributed by atoms with E-state index in [1.807, 2.05) is 6.08 Å². The Morgan fingerprint density at radius 2 is 1.64 bits per heavy atom. The first kappa shape index (κ1) is 28.3. The van der Waals surface area contributed by atoms with E-state index in [1.165, 1.54) is 11.1 Å². The number of morpholine rings is 1. The van der Waals surface area contributed by atoms with Gasteiger partial charge in [-0.15, -0.1) is 0 Å². The number of benzene rings is 3. The molecule has 4 nitrogen and oxygen atoms in total. The third-order valence-electron chi connectivity index (χ3n) is 8.48. The van der Waals surface area contributed by atoms with Crippen LogP contribution in [0.25, 0.3) is 16.8 Å². The molecule has 1 unspecified atom stereocenters. The number of hydrogen-bond acceptors (Lipinski definition) is 4. The predicted molar refractivity (Wildman–Crippen MR) is 173 cm³/mol. The highest BCUT2D eigenvalue weighted by Gasteiger charge is 2.39. The minimum Gasteiger partial charge on any atom is -0.473 e. The fourth-order valence-corrected chi connectivity index (χ4v) is 6.44. The maximum Gasteiger partial charge on any atom is 0.177 e. The van der Waals surface area contributed by atoms with Crippen LogP contribution >= 0.6 is 0 Å². The molecular weight excluding hydrogens is 523 g/mol. The second-order valence-corrected chi connectivity index (χ2v) is 11.3. The molecule has 1 aliphatic carbocycles. The van der Waals surface area contributed by atoms with Crippen LogP contribution in [-0.4, -0.2) is 39.4 Å². The van der Waals surface area contributed by atoms with Crippen molar-refractivity contribution in [1.29, 1.82) is 0 Å². The lowest BCUT2D eigenvalue weighted by Crippen LogP contribution is -2.37. The number of hydrogen-bond donors (Lipinski definition) is 0. The van der Waals surface area contributed by atoms with Crippen molar-refractivity contribution < 1.29 is 13.9 Å². The highest BCUT2D eigenvalue weighted by atomic mass is 19.1. The van der Waals surface area contributed by atoms with Gasteiger partial charge in [-0.3, -0.25) is 0 Å². The molecular formula is C37H41FN2O2. The SMILES string of the molecule is CCCN(CCC)c1ccc(C2(C3=CCC/C=C/C(F)=C3)C=Cc3c(cc(N4CCOCC4)c4ccccc34)O2)cc1. The molecule has 42 heavy (non-hydrogen) atoms. The molecule has 0 aromatic heterocycles. The molecule has 0 amide bonds. The Bertz CT molecular complexity index is 1530. The first-order chi connectivity index (χ1) is 20.6. The van der Waals surface area contributed by atoms with E-state index >= 15 is 4.39 Å². The fraction of sp³-hybridized carbons (Fsp3) is 0.351. The van der Waals surface area contributed by atoms with Crippen LogP contribution in [0, 0.1) is 0 Å². The predicted octanol–water partition coefficient (Wildman–Crippen LogP) is 8.73. The Balaban J connectivity index is 1.50. The lowest BCUT2D eigenvalue weighted by Gasteiger charge is -2.39. The van der Waals surface area contributed by atoms with Crippen LogP contribution in [-0.2, 0) is 10.3 Å². The van der Waals surface area contributed by atoms with Gasteiger partial charge >= 0.3 is 0 Å². The zero-order chi connectivity index (χ0) is 28.9. The lowest BCUT2D eigenvalue weighted by molar-refractivity contribution is 0.122. The monoisotopic (exact) mass is 564 g/mol.